The highest BCUT2D eigenvalue weighted by atomic mass is 32.2. The number of rotatable bonds is 7. The van der Waals surface area contributed by atoms with Crippen LogP contribution in [-0.4, -0.2) is 15.7 Å². The van der Waals surface area contributed by atoms with E-state index < -0.39 is 0 Å². The van der Waals surface area contributed by atoms with Gasteiger partial charge in [0.05, 0.1) is 4.90 Å². The van der Waals surface area contributed by atoms with Gasteiger partial charge in [-0.3, -0.25) is 0 Å². The van der Waals surface area contributed by atoms with Crippen LogP contribution in [0.1, 0.15) is 18.4 Å². The van der Waals surface area contributed by atoms with Crippen LogP contribution in [0.3, 0.4) is 0 Å². The smallest absolute Gasteiger partial charge is 0.134 e. The molecule has 4 radical (unpaired) electrons. The van der Waals surface area contributed by atoms with Gasteiger partial charge < -0.3 is 4.74 Å². The fourth-order valence-electron chi connectivity index (χ4n) is 3.55. The minimum absolute atomic E-state index is 0.551. The lowest BCUT2D eigenvalue weighted by Crippen LogP contribution is -2.14. The molecule has 1 nitrogen and oxygen atoms in total. The predicted molar refractivity (Wildman–Crippen MR) is 129 cm³/mol. The summed E-state index contributed by atoms with van der Waals surface area (Å²) in [7, 11) is 12.7. The fraction of sp³-hybridized carbons (Fsp3) is 0.154. The number of para-hydroxylation sites is 2. The summed E-state index contributed by atoms with van der Waals surface area (Å²) in [5.41, 5.74) is 2.34. The number of hydrogen-bond donors (Lipinski definition) is 0. The fourth-order valence-corrected chi connectivity index (χ4v) is 4.50. The molecule has 3 aromatic carbocycles. The SMILES string of the molecule is [B]c1cccc(CCC2C=CC=CC2)c1Oc1c([B])cccc1Sc1ccccc1. The number of ether oxygens (including phenoxy) is 1. The van der Waals surface area contributed by atoms with Crippen molar-refractivity contribution >= 4 is 38.4 Å². The number of hydrogen-bond acceptors (Lipinski definition) is 2. The molecule has 0 spiro atoms. The molecule has 0 saturated heterocycles. The topological polar surface area (TPSA) is 9.23 Å². The summed E-state index contributed by atoms with van der Waals surface area (Å²) in [6.07, 6.45) is 11.8. The first-order valence-electron chi connectivity index (χ1n) is 10.2. The van der Waals surface area contributed by atoms with Crippen LogP contribution < -0.4 is 15.7 Å². The van der Waals surface area contributed by atoms with Crippen LogP contribution in [-0.2, 0) is 6.42 Å². The van der Waals surface area contributed by atoms with Crippen molar-refractivity contribution in [3.63, 3.8) is 0 Å². The summed E-state index contributed by atoms with van der Waals surface area (Å²) in [6, 6.07) is 22.0. The van der Waals surface area contributed by atoms with E-state index in [9.17, 15) is 0 Å². The first-order chi connectivity index (χ1) is 14.7. The van der Waals surface area contributed by atoms with Gasteiger partial charge in [0.1, 0.15) is 27.2 Å². The number of benzene rings is 3. The molecule has 1 aliphatic carbocycles. The Balaban J connectivity index is 1.59. The zero-order valence-electron chi connectivity index (χ0n) is 16.8. The maximum Gasteiger partial charge on any atom is 0.134 e. The van der Waals surface area contributed by atoms with Gasteiger partial charge in [-0.15, -0.1) is 0 Å². The first kappa shape index (κ1) is 20.7. The molecular formula is C26H22B2OS. The van der Waals surface area contributed by atoms with Crippen LogP contribution in [0, 0.1) is 5.92 Å². The highest BCUT2D eigenvalue weighted by Gasteiger charge is 2.15. The van der Waals surface area contributed by atoms with Crippen molar-refractivity contribution in [2.45, 2.75) is 29.1 Å². The van der Waals surface area contributed by atoms with E-state index in [0.29, 0.717) is 28.3 Å². The summed E-state index contributed by atoms with van der Waals surface area (Å²) in [5, 5.41) is 0. The van der Waals surface area contributed by atoms with Gasteiger partial charge in [-0.25, -0.2) is 0 Å². The lowest BCUT2D eigenvalue weighted by Gasteiger charge is -2.20. The molecule has 4 heteroatoms. The second-order valence-electron chi connectivity index (χ2n) is 7.37. The third-order valence-corrected chi connectivity index (χ3v) is 6.21. The predicted octanol–water partition coefficient (Wildman–Crippen LogP) is 5.28. The average Bonchev–Trinajstić information content (AvgIpc) is 2.77. The Labute approximate surface area is 186 Å². The minimum atomic E-state index is 0.551. The first-order valence-corrected chi connectivity index (χ1v) is 11.0. The van der Waals surface area contributed by atoms with Crippen LogP contribution in [0.15, 0.2) is 101 Å². The van der Waals surface area contributed by atoms with Crippen LogP contribution in [0.25, 0.3) is 0 Å². The van der Waals surface area contributed by atoms with Crippen molar-refractivity contribution in [3.05, 3.63) is 96.6 Å². The molecular weight excluding hydrogens is 382 g/mol. The molecule has 0 aromatic heterocycles. The monoisotopic (exact) mass is 404 g/mol. The Kier molecular flexibility index (Phi) is 6.86. The van der Waals surface area contributed by atoms with E-state index in [1.165, 1.54) is 0 Å². The summed E-state index contributed by atoms with van der Waals surface area (Å²) in [5.74, 6) is 1.92. The lowest BCUT2D eigenvalue weighted by molar-refractivity contribution is 0.469. The van der Waals surface area contributed by atoms with E-state index in [0.717, 1.165) is 34.6 Å². The molecule has 0 saturated carbocycles. The van der Waals surface area contributed by atoms with Crippen molar-refractivity contribution in [1.29, 1.82) is 0 Å². The van der Waals surface area contributed by atoms with E-state index in [4.69, 9.17) is 20.4 Å². The maximum atomic E-state index is 6.41. The Morgan fingerprint density at radius 2 is 1.60 bits per heavy atom. The summed E-state index contributed by atoms with van der Waals surface area (Å²) < 4.78 is 6.41. The summed E-state index contributed by atoms with van der Waals surface area (Å²) >= 11 is 1.63. The van der Waals surface area contributed by atoms with Crippen LogP contribution >= 0.6 is 11.8 Å². The number of aryl methyl sites for hydroxylation is 1. The quantitative estimate of drug-likeness (QED) is 0.496. The van der Waals surface area contributed by atoms with Gasteiger partial charge >= 0.3 is 0 Å². The molecule has 4 rings (SSSR count). The second-order valence-corrected chi connectivity index (χ2v) is 8.49. The van der Waals surface area contributed by atoms with Gasteiger partial charge in [0.25, 0.3) is 0 Å². The third-order valence-electron chi connectivity index (χ3n) is 5.17. The van der Waals surface area contributed by atoms with E-state index in [2.05, 4.69) is 42.5 Å². The van der Waals surface area contributed by atoms with Gasteiger partial charge in [-0.2, -0.15) is 0 Å². The second kappa shape index (κ2) is 9.95. The highest BCUT2D eigenvalue weighted by Crippen LogP contribution is 2.36. The van der Waals surface area contributed by atoms with Gasteiger partial charge in [-0.05, 0) is 48.9 Å². The third kappa shape index (κ3) is 5.12. The van der Waals surface area contributed by atoms with Crippen LogP contribution in [0.2, 0.25) is 0 Å². The molecule has 1 atom stereocenters. The maximum absolute atomic E-state index is 6.41. The summed E-state index contributed by atoms with van der Waals surface area (Å²) in [4.78, 5) is 2.10. The van der Waals surface area contributed by atoms with Crippen molar-refractivity contribution in [2.24, 2.45) is 5.92 Å². The van der Waals surface area contributed by atoms with E-state index >= 15 is 0 Å². The Bertz CT molecular complexity index is 1060. The van der Waals surface area contributed by atoms with Crippen molar-refractivity contribution in [3.8, 4) is 11.5 Å². The highest BCUT2D eigenvalue weighted by molar-refractivity contribution is 7.99. The van der Waals surface area contributed by atoms with Crippen molar-refractivity contribution in [2.75, 3.05) is 0 Å². The normalized spacial score (nSPS) is 15.3. The zero-order valence-corrected chi connectivity index (χ0v) is 17.6. The molecule has 144 valence electrons. The van der Waals surface area contributed by atoms with E-state index in [1.807, 2.05) is 48.5 Å². The Hall–Kier alpha value is -2.58. The van der Waals surface area contributed by atoms with Crippen molar-refractivity contribution < 1.29 is 4.74 Å². The molecule has 0 amide bonds. The molecule has 0 bridgehead atoms. The van der Waals surface area contributed by atoms with Gasteiger partial charge in [0.2, 0.25) is 0 Å². The molecule has 0 heterocycles. The largest absolute Gasteiger partial charge is 0.457 e. The molecule has 0 aliphatic heterocycles. The van der Waals surface area contributed by atoms with Crippen LogP contribution in [0.5, 0.6) is 11.5 Å². The molecule has 30 heavy (non-hydrogen) atoms. The standard InChI is InChI=1S/C26H22B2OS/c27-22-14-7-11-20(18-17-19-9-3-1-4-10-19)25(22)29-26-23(28)15-8-16-24(26)30-21-12-5-2-6-13-21/h1-9,11-16,19H,10,17-18H2. The molecule has 3 aromatic rings. The molecule has 1 unspecified atom stereocenters. The average molecular weight is 404 g/mol. The Morgan fingerprint density at radius 3 is 2.37 bits per heavy atom. The van der Waals surface area contributed by atoms with E-state index in [-0.39, 0.29) is 0 Å². The molecule has 1 aliphatic rings. The zero-order chi connectivity index (χ0) is 20.8. The van der Waals surface area contributed by atoms with Gasteiger partial charge in [0, 0.05) is 4.90 Å². The van der Waals surface area contributed by atoms with Crippen LogP contribution in [0.4, 0.5) is 0 Å². The minimum Gasteiger partial charge on any atom is -0.457 e. The summed E-state index contributed by atoms with van der Waals surface area (Å²) in [6.45, 7) is 0. The van der Waals surface area contributed by atoms with E-state index in [1.54, 1.807) is 11.8 Å². The number of allylic oxidation sites excluding steroid dienone is 4. The lowest BCUT2D eigenvalue weighted by atomic mass is 9.88. The van der Waals surface area contributed by atoms with Gasteiger partial charge in [-0.1, -0.05) is 95.5 Å². The molecule has 0 N–H and O–H groups in total. The Morgan fingerprint density at radius 1 is 0.833 bits per heavy atom. The molecule has 0 fully saturated rings. The van der Waals surface area contributed by atoms with Crippen molar-refractivity contribution in [1.82, 2.24) is 0 Å². The van der Waals surface area contributed by atoms with Gasteiger partial charge in [0.15, 0.2) is 0 Å².